The van der Waals surface area contributed by atoms with Crippen LogP contribution in [-0.2, 0) is 0 Å². The molecule has 2 N–H and O–H groups in total. The van der Waals surface area contributed by atoms with Gasteiger partial charge in [-0.05, 0) is 56.2 Å². The van der Waals surface area contributed by atoms with Crippen LogP contribution in [0.4, 0.5) is 4.39 Å². The molecule has 0 radical (unpaired) electrons. The van der Waals surface area contributed by atoms with E-state index >= 15 is 0 Å². The number of hydrogen-bond donors (Lipinski definition) is 2. The largest absolute Gasteiger partial charge is 0.361 e. The van der Waals surface area contributed by atoms with Crippen molar-refractivity contribution >= 4 is 29.1 Å². The molecule has 0 bridgehead atoms. The Balaban J connectivity index is 2.12. The van der Waals surface area contributed by atoms with Crippen LogP contribution in [0, 0.1) is 5.82 Å². The van der Waals surface area contributed by atoms with E-state index in [4.69, 9.17) is 12.2 Å². The average Bonchev–Trinajstić information content (AvgIpc) is 2.28. The van der Waals surface area contributed by atoms with E-state index in [1.54, 1.807) is 17.8 Å². The number of rotatable bonds is 2. The smallest absolute Gasteiger partial charge is 0.166 e. The fourth-order valence-corrected chi connectivity index (χ4v) is 3.46. The molecule has 1 aromatic rings. The van der Waals surface area contributed by atoms with Crippen LogP contribution in [0.1, 0.15) is 31.9 Å². The molecule has 1 aromatic carbocycles. The number of halogens is 1. The molecule has 0 aliphatic carbocycles. The van der Waals surface area contributed by atoms with Crippen molar-refractivity contribution in [3.8, 4) is 0 Å². The first kappa shape index (κ1) is 13.6. The molecule has 5 heteroatoms. The third-order valence-corrected chi connectivity index (χ3v) is 4.09. The Labute approximate surface area is 117 Å². The van der Waals surface area contributed by atoms with E-state index < -0.39 is 0 Å². The summed E-state index contributed by atoms with van der Waals surface area (Å²) in [5, 5.41) is 7.07. The molecular weight excluding hydrogens is 267 g/mol. The lowest BCUT2D eigenvalue weighted by Gasteiger charge is -2.27. The molecule has 0 unspecified atom stereocenters. The van der Waals surface area contributed by atoms with Crippen molar-refractivity contribution in [2.24, 2.45) is 0 Å². The quantitative estimate of drug-likeness (QED) is 0.814. The van der Waals surface area contributed by atoms with Gasteiger partial charge in [-0.2, -0.15) is 0 Å². The first-order valence-electron chi connectivity index (χ1n) is 6.05. The van der Waals surface area contributed by atoms with Gasteiger partial charge in [0.25, 0.3) is 0 Å². The molecule has 1 atom stereocenters. The predicted octanol–water partition coefficient (Wildman–Crippen LogP) is 3.24. The molecule has 0 saturated heterocycles. The summed E-state index contributed by atoms with van der Waals surface area (Å²) in [5.41, 5.74) is 1.01. The van der Waals surface area contributed by atoms with Crippen LogP contribution < -0.4 is 10.6 Å². The van der Waals surface area contributed by atoms with Crippen molar-refractivity contribution in [3.63, 3.8) is 0 Å². The fraction of sp³-hybridized carbons (Fsp3) is 0.462. The lowest BCUT2D eigenvalue weighted by Crippen LogP contribution is -2.41. The topological polar surface area (TPSA) is 24.1 Å². The first-order chi connectivity index (χ1) is 8.56. The molecular formula is C13H17FN2S2. The van der Waals surface area contributed by atoms with Crippen molar-refractivity contribution in [1.82, 2.24) is 10.6 Å². The van der Waals surface area contributed by atoms with E-state index in [1.807, 2.05) is 19.9 Å². The highest BCUT2D eigenvalue weighted by Crippen LogP contribution is 2.36. The number of thioether (sulfide) groups is 1. The minimum absolute atomic E-state index is 0.107. The zero-order chi connectivity index (χ0) is 13.1. The molecule has 0 spiro atoms. The van der Waals surface area contributed by atoms with Gasteiger partial charge in [-0.1, -0.05) is 0 Å². The minimum Gasteiger partial charge on any atom is -0.361 e. The van der Waals surface area contributed by atoms with Crippen molar-refractivity contribution in [2.75, 3.05) is 5.75 Å². The second kappa shape index (κ2) is 5.89. The van der Waals surface area contributed by atoms with Gasteiger partial charge in [-0.15, -0.1) is 11.8 Å². The lowest BCUT2D eigenvalue weighted by atomic mass is 10.0. The highest BCUT2D eigenvalue weighted by Gasteiger charge is 2.21. The number of benzene rings is 1. The maximum atomic E-state index is 13.3. The van der Waals surface area contributed by atoms with Crippen LogP contribution in [0.5, 0.6) is 0 Å². The van der Waals surface area contributed by atoms with Gasteiger partial charge < -0.3 is 10.6 Å². The van der Waals surface area contributed by atoms with Gasteiger partial charge in [0.05, 0.1) is 6.04 Å². The summed E-state index contributed by atoms with van der Waals surface area (Å²) in [4.78, 5) is 1.15. The van der Waals surface area contributed by atoms with Gasteiger partial charge >= 0.3 is 0 Å². The van der Waals surface area contributed by atoms with Crippen LogP contribution in [0.2, 0.25) is 0 Å². The Kier molecular flexibility index (Phi) is 4.45. The second-order valence-electron chi connectivity index (χ2n) is 4.64. The van der Waals surface area contributed by atoms with Crippen LogP contribution in [0.3, 0.4) is 0 Å². The first-order valence-corrected chi connectivity index (χ1v) is 7.45. The third kappa shape index (κ3) is 3.36. The normalized spacial score (nSPS) is 18.3. The van der Waals surface area contributed by atoms with Crippen LogP contribution in [0.15, 0.2) is 23.1 Å². The molecule has 1 aliphatic heterocycles. The van der Waals surface area contributed by atoms with E-state index in [0.29, 0.717) is 11.2 Å². The monoisotopic (exact) mass is 284 g/mol. The third-order valence-electron chi connectivity index (χ3n) is 2.74. The molecule has 0 aromatic heterocycles. The predicted molar refractivity (Wildman–Crippen MR) is 78.5 cm³/mol. The van der Waals surface area contributed by atoms with E-state index in [2.05, 4.69) is 10.6 Å². The fourth-order valence-electron chi connectivity index (χ4n) is 1.98. The molecule has 2 nitrogen and oxygen atoms in total. The second-order valence-corrected chi connectivity index (χ2v) is 6.19. The van der Waals surface area contributed by atoms with Gasteiger partial charge in [0, 0.05) is 16.7 Å². The zero-order valence-corrected chi connectivity index (χ0v) is 12.1. The summed E-state index contributed by atoms with van der Waals surface area (Å²) in [7, 11) is 0. The summed E-state index contributed by atoms with van der Waals surface area (Å²) < 4.78 is 13.3. The Morgan fingerprint density at radius 3 is 3.00 bits per heavy atom. The van der Waals surface area contributed by atoms with E-state index in [9.17, 15) is 4.39 Å². The van der Waals surface area contributed by atoms with Gasteiger partial charge in [0.15, 0.2) is 5.11 Å². The molecule has 18 heavy (non-hydrogen) atoms. The lowest BCUT2D eigenvalue weighted by molar-refractivity contribution is 0.575. The van der Waals surface area contributed by atoms with Crippen LogP contribution in [0.25, 0.3) is 0 Å². The number of fused-ring (bicyclic) bond motifs is 1. The Bertz CT molecular complexity index is 449. The van der Waals surface area contributed by atoms with Crippen LogP contribution >= 0.6 is 24.0 Å². The SMILES string of the molecule is CC(C)NC(=S)N[C@@H]1CCSc2ccc(F)cc21. The Morgan fingerprint density at radius 2 is 2.28 bits per heavy atom. The van der Waals surface area contributed by atoms with Crippen molar-refractivity contribution in [2.45, 2.75) is 37.2 Å². The number of thiocarbonyl (C=S) groups is 1. The van der Waals surface area contributed by atoms with Crippen molar-refractivity contribution < 1.29 is 4.39 Å². The summed E-state index contributed by atoms with van der Waals surface area (Å²) in [6.45, 7) is 4.08. The maximum absolute atomic E-state index is 13.3. The summed E-state index contributed by atoms with van der Waals surface area (Å²) in [6, 6.07) is 5.38. The highest BCUT2D eigenvalue weighted by molar-refractivity contribution is 7.99. The minimum atomic E-state index is -0.189. The van der Waals surface area contributed by atoms with Gasteiger partial charge in [-0.3, -0.25) is 0 Å². The number of hydrogen-bond acceptors (Lipinski definition) is 2. The molecule has 1 aliphatic rings. The Morgan fingerprint density at radius 1 is 1.50 bits per heavy atom. The summed E-state index contributed by atoms with van der Waals surface area (Å²) in [6.07, 6.45) is 0.959. The van der Waals surface area contributed by atoms with Crippen molar-refractivity contribution in [1.29, 1.82) is 0 Å². The summed E-state index contributed by atoms with van der Waals surface area (Å²) >= 11 is 7.02. The van der Waals surface area contributed by atoms with E-state index in [0.717, 1.165) is 22.6 Å². The summed E-state index contributed by atoms with van der Waals surface area (Å²) in [5.74, 6) is 0.839. The van der Waals surface area contributed by atoms with Gasteiger partial charge in [-0.25, -0.2) is 4.39 Å². The van der Waals surface area contributed by atoms with Gasteiger partial charge in [0.2, 0.25) is 0 Å². The van der Waals surface area contributed by atoms with Crippen molar-refractivity contribution in [3.05, 3.63) is 29.6 Å². The van der Waals surface area contributed by atoms with E-state index in [-0.39, 0.29) is 11.9 Å². The molecule has 98 valence electrons. The molecule has 0 amide bonds. The van der Waals surface area contributed by atoms with Gasteiger partial charge in [0.1, 0.15) is 5.82 Å². The van der Waals surface area contributed by atoms with E-state index in [1.165, 1.54) is 6.07 Å². The average molecular weight is 284 g/mol. The highest BCUT2D eigenvalue weighted by atomic mass is 32.2. The standard InChI is InChI=1S/C13H17FN2S2/c1-8(2)15-13(17)16-11-5-6-18-12-4-3-9(14)7-10(11)12/h3-4,7-8,11H,5-6H2,1-2H3,(H2,15,16,17)/t11-/m1/s1. The molecule has 1 heterocycles. The number of nitrogens with one attached hydrogen (secondary N) is 2. The maximum Gasteiger partial charge on any atom is 0.166 e. The molecule has 2 rings (SSSR count). The molecule has 0 saturated carbocycles. The molecule has 0 fully saturated rings. The Hall–Kier alpha value is -0.810. The zero-order valence-electron chi connectivity index (χ0n) is 10.5. The van der Waals surface area contributed by atoms with Crippen LogP contribution in [-0.4, -0.2) is 16.9 Å².